The molecular weight excluding hydrogens is 312 g/mol. The third kappa shape index (κ3) is 4.38. The van der Waals surface area contributed by atoms with E-state index in [2.05, 4.69) is 4.74 Å². The zero-order chi connectivity index (χ0) is 17.0. The van der Waals surface area contributed by atoms with E-state index in [0.717, 1.165) is 0 Å². The smallest absolute Gasteiger partial charge is 0.387 e. The molecule has 2 unspecified atom stereocenters. The molecule has 0 aliphatic carbocycles. The first-order valence-corrected chi connectivity index (χ1v) is 6.99. The van der Waals surface area contributed by atoms with E-state index in [1.54, 1.807) is 0 Å². The fourth-order valence-corrected chi connectivity index (χ4v) is 2.54. The van der Waals surface area contributed by atoms with Crippen LogP contribution in [0.25, 0.3) is 0 Å². The number of halogens is 2. The van der Waals surface area contributed by atoms with Crippen LogP contribution >= 0.6 is 0 Å². The van der Waals surface area contributed by atoms with Gasteiger partial charge in [0.15, 0.2) is 0 Å². The highest BCUT2D eigenvalue weighted by Crippen LogP contribution is 2.22. The molecule has 126 valence electrons. The summed E-state index contributed by atoms with van der Waals surface area (Å²) in [7, 11) is 1.47. The Kier molecular flexibility index (Phi) is 5.49. The molecule has 1 fully saturated rings. The van der Waals surface area contributed by atoms with Gasteiger partial charge in [-0.25, -0.2) is 4.79 Å². The number of carbonyl (C=O) groups is 2. The molecule has 1 aromatic rings. The summed E-state index contributed by atoms with van der Waals surface area (Å²) < 4.78 is 33.5. The van der Waals surface area contributed by atoms with Crippen LogP contribution in [0.2, 0.25) is 0 Å². The lowest BCUT2D eigenvalue weighted by atomic mass is 10.1. The quantitative estimate of drug-likeness (QED) is 0.856. The Hall–Kier alpha value is -2.22. The van der Waals surface area contributed by atoms with Crippen LogP contribution in [0.4, 0.5) is 8.78 Å². The predicted molar refractivity (Wildman–Crippen MR) is 75.3 cm³/mol. The summed E-state index contributed by atoms with van der Waals surface area (Å²) in [6.45, 7) is -2.69. The minimum atomic E-state index is -2.91. The van der Waals surface area contributed by atoms with Gasteiger partial charge in [-0.05, 0) is 17.7 Å². The Labute approximate surface area is 131 Å². The number of rotatable bonds is 6. The van der Waals surface area contributed by atoms with Gasteiger partial charge >= 0.3 is 12.6 Å². The number of carbonyl (C=O) groups excluding carboxylic acids is 1. The topological polar surface area (TPSA) is 76.1 Å². The van der Waals surface area contributed by atoms with Crippen LogP contribution in [0.5, 0.6) is 5.75 Å². The summed E-state index contributed by atoms with van der Waals surface area (Å²) in [5.74, 6) is -1.42. The molecule has 2 atom stereocenters. The van der Waals surface area contributed by atoms with Gasteiger partial charge in [0.2, 0.25) is 5.91 Å². The van der Waals surface area contributed by atoms with Crippen LogP contribution in [0.1, 0.15) is 12.0 Å². The molecular formula is C15H17F2NO5. The Morgan fingerprint density at radius 1 is 1.35 bits per heavy atom. The van der Waals surface area contributed by atoms with Crippen LogP contribution in [0, 0.1) is 0 Å². The average Bonchev–Trinajstić information content (AvgIpc) is 2.93. The van der Waals surface area contributed by atoms with E-state index in [1.165, 1.54) is 36.3 Å². The number of methoxy groups -OCH3 is 1. The maximum atomic E-state index is 12.3. The molecule has 0 radical (unpaired) electrons. The van der Waals surface area contributed by atoms with Gasteiger partial charge in [-0.2, -0.15) is 8.78 Å². The number of hydrogen-bond donors (Lipinski definition) is 1. The highest BCUT2D eigenvalue weighted by molar-refractivity contribution is 5.85. The van der Waals surface area contributed by atoms with Crippen molar-refractivity contribution >= 4 is 11.9 Å². The van der Waals surface area contributed by atoms with Gasteiger partial charge in [-0.3, -0.25) is 4.79 Å². The van der Waals surface area contributed by atoms with Crippen molar-refractivity contribution in [1.82, 2.24) is 4.90 Å². The number of hydrogen-bond acceptors (Lipinski definition) is 4. The number of carboxylic acid groups (broad SMARTS) is 1. The number of alkyl halides is 2. The average molecular weight is 329 g/mol. The number of benzene rings is 1. The van der Waals surface area contributed by atoms with Crippen molar-refractivity contribution < 1.29 is 33.0 Å². The standard InChI is InChI=1S/C15H17F2NO5/c1-22-11-7-12(14(20)21)18(8-11)13(19)6-9-2-4-10(5-3-9)23-15(16)17/h2-5,11-12,15H,6-8H2,1H3,(H,20,21). The summed E-state index contributed by atoms with van der Waals surface area (Å²) >= 11 is 0. The summed E-state index contributed by atoms with van der Waals surface area (Å²) in [5.41, 5.74) is 0.585. The zero-order valence-electron chi connectivity index (χ0n) is 12.4. The van der Waals surface area contributed by atoms with Gasteiger partial charge in [0, 0.05) is 20.1 Å². The molecule has 0 saturated carbocycles. The normalized spacial score (nSPS) is 20.8. The maximum absolute atomic E-state index is 12.3. The molecule has 0 aromatic heterocycles. The van der Waals surface area contributed by atoms with Gasteiger partial charge < -0.3 is 19.5 Å². The minimum absolute atomic E-state index is 0.000214. The SMILES string of the molecule is COC1CC(C(=O)O)N(C(=O)Cc2ccc(OC(F)F)cc2)C1. The molecule has 2 rings (SSSR count). The van der Waals surface area contributed by atoms with E-state index in [9.17, 15) is 23.5 Å². The van der Waals surface area contributed by atoms with Crippen molar-refractivity contribution in [3.05, 3.63) is 29.8 Å². The number of likely N-dealkylation sites (tertiary alicyclic amines) is 1. The molecule has 6 nitrogen and oxygen atoms in total. The third-order valence-electron chi connectivity index (χ3n) is 3.71. The largest absolute Gasteiger partial charge is 0.480 e. The van der Waals surface area contributed by atoms with Gasteiger partial charge in [-0.15, -0.1) is 0 Å². The number of nitrogens with zero attached hydrogens (tertiary/aromatic N) is 1. The highest BCUT2D eigenvalue weighted by atomic mass is 19.3. The molecule has 1 saturated heterocycles. The summed E-state index contributed by atoms with van der Waals surface area (Å²) in [4.78, 5) is 24.8. The van der Waals surface area contributed by atoms with E-state index in [0.29, 0.717) is 5.56 Å². The fraction of sp³-hybridized carbons (Fsp3) is 0.467. The van der Waals surface area contributed by atoms with Crippen molar-refractivity contribution in [2.24, 2.45) is 0 Å². The van der Waals surface area contributed by atoms with E-state index < -0.39 is 18.6 Å². The fourth-order valence-electron chi connectivity index (χ4n) is 2.54. The molecule has 8 heteroatoms. The predicted octanol–water partition coefficient (Wildman–Crippen LogP) is 1.53. The third-order valence-corrected chi connectivity index (χ3v) is 3.71. The lowest BCUT2D eigenvalue weighted by Crippen LogP contribution is -2.41. The van der Waals surface area contributed by atoms with Gasteiger partial charge in [0.25, 0.3) is 0 Å². The number of amides is 1. The maximum Gasteiger partial charge on any atom is 0.387 e. The molecule has 1 aliphatic heterocycles. The molecule has 1 N–H and O–H groups in total. The number of ether oxygens (including phenoxy) is 2. The van der Waals surface area contributed by atoms with Gasteiger partial charge in [0.05, 0.1) is 12.5 Å². The highest BCUT2D eigenvalue weighted by Gasteiger charge is 2.39. The van der Waals surface area contributed by atoms with E-state index in [-0.39, 0.29) is 37.1 Å². The summed E-state index contributed by atoms with van der Waals surface area (Å²) in [6.07, 6.45) is -0.0738. The van der Waals surface area contributed by atoms with Crippen LogP contribution in [-0.2, 0) is 20.7 Å². The first-order chi connectivity index (χ1) is 10.9. The second kappa shape index (κ2) is 7.36. The van der Waals surface area contributed by atoms with Crippen LogP contribution in [0.15, 0.2) is 24.3 Å². The van der Waals surface area contributed by atoms with E-state index in [1.807, 2.05) is 0 Å². The first-order valence-electron chi connectivity index (χ1n) is 6.99. The lowest BCUT2D eigenvalue weighted by Gasteiger charge is -2.21. The van der Waals surface area contributed by atoms with Crippen molar-refractivity contribution in [3.63, 3.8) is 0 Å². The van der Waals surface area contributed by atoms with Crippen LogP contribution in [0.3, 0.4) is 0 Å². The van der Waals surface area contributed by atoms with E-state index in [4.69, 9.17) is 4.74 Å². The molecule has 1 heterocycles. The molecule has 1 amide bonds. The van der Waals surface area contributed by atoms with Gasteiger partial charge in [-0.1, -0.05) is 12.1 Å². The number of carboxylic acids is 1. The number of aliphatic carboxylic acids is 1. The summed E-state index contributed by atoms with van der Waals surface area (Å²) in [6, 6.07) is 4.76. The van der Waals surface area contributed by atoms with Crippen molar-refractivity contribution in [2.75, 3.05) is 13.7 Å². The van der Waals surface area contributed by atoms with Crippen LogP contribution < -0.4 is 4.74 Å². The molecule has 0 bridgehead atoms. The Morgan fingerprint density at radius 3 is 2.52 bits per heavy atom. The molecule has 0 spiro atoms. The molecule has 23 heavy (non-hydrogen) atoms. The van der Waals surface area contributed by atoms with Gasteiger partial charge in [0.1, 0.15) is 11.8 Å². The monoisotopic (exact) mass is 329 g/mol. The Morgan fingerprint density at radius 2 is 2.00 bits per heavy atom. The second-order valence-corrected chi connectivity index (χ2v) is 5.19. The lowest BCUT2D eigenvalue weighted by molar-refractivity contribution is -0.148. The zero-order valence-corrected chi connectivity index (χ0v) is 12.4. The Balaban J connectivity index is 2.01. The van der Waals surface area contributed by atoms with Crippen molar-refractivity contribution in [2.45, 2.75) is 31.6 Å². The second-order valence-electron chi connectivity index (χ2n) is 5.19. The van der Waals surface area contributed by atoms with E-state index >= 15 is 0 Å². The van der Waals surface area contributed by atoms with Crippen molar-refractivity contribution in [1.29, 1.82) is 0 Å². The molecule has 1 aromatic carbocycles. The summed E-state index contributed by atoms with van der Waals surface area (Å²) in [5, 5.41) is 9.20. The first kappa shape index (κ1) is 17.1. The minimum Gasteiger partial charge on any atom is -0.480 e. The van der Waals surface area contributed by atoms with Crippen LogP contribution in [-0.4, -0.2) is 54.3 Å². The molecule has 1 aliphatic rings. The van der Waals surface area contributed by atoms with Crippen molar-refractivity contribution in [3.8, 4) is 5.75 Å². The Bertz CT molecular complexity index is 563.